The van der Waals surface area contributed by atoms with Gasteiger partial charge in [-0.25, -0.2) is 4.39 Å². The zero-order chi connectivity index (χ0) is 16.1. The maximum Gasteiger partial charge on any atom is 0.257 e. The Labute approximate surface area is 132 Å². The molecule has 7 heteroatoms. The van der Waals surface area contributed by atoms with Gasteiger partial charge in [0.15, 0.2) is 0 Å². The van der Waals surface area contributed by atoms with Gasteiger partial charge in [-0.1, -0.05) is 22.8 Å². The third kappa shape index (κ3) is 3.45. The number of rotatable bonds is 6. The summed E-state index contributed by atoms with van der Waals surface area (Å²) in [6, 6.07) is 4.27. The molecule has 0 unspecified atom stereocenters. The Bertz CT molecular complexity index is 653. The number of hydrogen-bond donors (Lipinski definition) is 1. The van der Waals surface area contributed by atoms with E-state index in [0.29, 0.717) is 25.3 Å². The molecule has 1 N–H and O–H groups in total. The summed E-state index contributed by atoms with van der Waals surface area (Å²) in [5, 5.41) is 6.68. The van der Waals surface area contributed by atoms with Crippen molar-refractivity contribution in [3.63, 3.8) is 0 Å². The number of aromatic nitrogens is 1. The van der Waals surface area contributed by atoms with Gasteiger partial charge < -0.3 is 14.6 Å². The number of ether oxygens (including phenoxy) is 1. The van der Waals surface area contributed by atoms with Crippen molar-refractivity contribution in [3.05, 3.63) is 40.4 Å². The molecule has 0 saturated heterocycles. The molecule has 0 fully saturated rings. The van der Waals surface area contributed by atoms with Gasteiger partial charge in [0.1, 0.15) is 22.8 Å². The summed E-state index contributed by atoms with van der Waals surface area (Å²) in [6.07, 6.45) is 0.669. The first-order chi connectivity index (χ1) is 10.6. The second-order valence-corrected chi connectivity index (χ2v) is 5.07. The molecule has 118 valence electrons. The molecule has 0 bridgehead atoms. The van der Waals surface area contributed by atoms with Crippen molar-refractivity contribution >= 4 is 17.5 Å². The number of carbonyl (C=O) groups excluding carboxylic acids is 1. The first-order valence-corrected chi connectivity index (χ1v) is 7.11. The molecule has 1 aromatic carbocycles. The van der Waals surface area contributed by atoms with E-state index in [2.05, 4.69) is 10.5 Å². The number of aryl methyl sites for hydroxylation is 1. The van der Waals surface area contributed by atoms with E-state index in [1.54, 1.807) is 14.0 Å². The standard InChI is InChI=1S/C15H16ClFN2O3/c1-9-12(15(20)18-7-4-8-21-2)14(19-22-9)13-10(16)5-3-6-11(13)17/h3,5-6H,4,7-8H2,1-2H3,(H,18,20). The van der Waals surface area contributed by atoms with E-state index >= 15 is 0 Å². The fourth-order valence-corrected chi connectivity index (χ4v) is 2.29. The molecule has 1 heterocycles. The van der Waals surface area contributed by atoms with E-state index < -0.39 is 5.82 Å². The Hall–Kier alpha value is -1.92. The molecular weight excluding hydrogens is 311 g/mol. The fourth-order valence-electron chi connectivity index (χ4n) is 2.04. The van der Waals surface area contributed by atoms with E-state index in [4.69, 9.17) is 20.9 Å². The molecule has 22 heavy (non-hydrogen) atoms. The first-order valence-electron chi connectivity index (χ1n) is 6.74. The minimum atomic E-state index is -0.561. The molecular formula is C15H16ClFN2O3. The van der Waals surface area contributed by atoms with Crippen LogP contribution in [0.3, 0.4) is 0 Å². The normalized spacial score (nSPS) is 10.7. The summed E-state index contributed by atoms with van der Waals surface area (Å²) >= 11 is 6.03. The number of nitrogens with one attached hydrogen (secondary N) is 1. The fraction of sp³-hybridized carbons (Fsp3) is 0.333. The molecule has 0 aliphatic carbocycles. The van der Waals surface area contributed by atoms with E-state index in [9.17, 15) is 9.18 Å². The third-order valence-electron chi connectivity index (χ3n) is 3.10. The first kappa shape index (κ1) is 16.5. The van der Waals surface area contributed by atoms with Gasteiger partial charge in [0, 0.05) is 20.3 Å². The Morgan fingerprint density at radius 3 is 2.95 bits per heavy atom. The molecule has 5 nitrogen and oxygen atoms in total. The van der Waals surface area contributed by atoms with Gasteiger partial charge in [-0.3, -0.25) is 4.79 Å². The maximum atomic E-state index is 14.0. The van der Waals surface area contributed by atoms with Crippen LogP contribution in [0.1, 0.15) is 22.5 Å². The monoisotopic (exact) mass is 326 g/mol. The number of benzene rings is 1. The highest BCUT2D eigenvalue weighted by molar-refractivity contribution is 6.33. The minimum absolute atomic E-state index is 0.0584. The summed E-state index contributed by atoms with van der Waals surface area (Å²) < 4.78 is 24.0. The summed E-state index contributed by atoms with van der Waals surface area (Å²) in [5.74, 6) is -0.642. The summed E-state index contributed by atoms with van der Waals surface area (Å²) in [6.45, 7) is 2.56. The average Bonchev–Trinajstić information content (AvgIpc) is 2.85. The Morgan fingerprint density at radius 2 is 2.27 bits per heavy atom. The van der Waals surface area contributed by atoms with Crippen molar-refractivity contribution in [3.8, 4) is 11.3 Å². The lowest BCUT2D eigenvalue weighted by Gasteiger charge is -2.07. The van der Waals surface area contributed by atoms with Crippen molar-refractivity contribution in [2.24, 2.45) is 0 Å². The number of halogens is 2. The van der Waals surface area contributed by atoms with E-state index in [0.717, 1.165) is 0 Å². The van der Waals surface area contributed by atoms with E-state index in [1.807, 2.05) is 0 Å². The van der Waals surface area contributed by atoms with Crippen LogP contribution >= 0.6 is 11.6 Å². The summed E-state index contributed by atoms with van der Waals surface area (Å²) in [5.41, 5.74) is 0.345. The highest BCUT2D eigenvalue weighted by Gasteiger charge is 2.25. The van der Waals surface area contributed by atoms with Gasteiger partial charge in [-0.05, 0) is 25.5 Å². The van der Waals surface area contributed by atoms with Crippen LogP contribution < -0.4 is 5.32 Å². The van der Waals surface area contributed by atoms with Crippen molar-refractivity contribution in [2.45, 2.75) is 13.3 Å². The van der Waals surface area contributed by atoms with Gasteiger partial charge in [0.25, 0.3) is 5.91 Å². The lowest BCUT2D eigenvalue weighted by Crippen LogP contribution is -2.26. The lowest BCUT2D eigenvalue weighted by atomic mass is 10.0. The second-order valence-electron chi connectivity index (χ2n) is 4.66. The molecule has 0 aliphatic rings. The van der Waals surface area contributed by atoms with Crippen molar-refractivity contribution in [1.82, 2.24) is 10.5 Å². The largest absolute Gasteiger partial charge is 0.385 e. The Balaban J connectivity index is 2.30. The molecule has 0 radical (unpaired) electrons. The van der Waals surface area contributed by atoms with Crippen LogP contribution in [0.15, 0.2) is 22.7 Å². The highest BCUT2D eigenvalue weighted by atomic mass is 35.5. The molecule has 0 atom stereocenters. The zero-order valence-electron chi connectivity index (χ0n) is 12.3. The number of amides is 1. The van der Waals surface area contributed by atoms with Crippen molar-refractivity contribution < 1.29 is 18.4 Å². The van der Waals surface area contributed by atoms with Gasteiger partial charge >= 0.3 is 0 Å². The summed E-state index contributed by atoms with van der Waals surface area (Å²) in [7, 11) is 1.59. The number of hydrogen-bond acceptors (Lipinski definition) is 4. The third-order valence-corrected chi connectivity index (χ3v) is 3.42. The molecule has 2 aromatic rings. The number of methoxy groups -OCH3 is 1. The summed E-state index contributed by atoms with van der Waals surface area (Å²) in [4.78, 5) is 12.3. The topological polar surface area (TPSA) is 64.4 Å². The van der Waals surface area contributed by atoms with Crippen LogP contribution in [0, 0.1) is 12.7 Å². The van der Waals surface area contributed by atoms with Crippen LogP contribution in [0.5, 0.6) is 0 Å². The van der Waals surface area contributed by atoms with Crippen LogP contribution in [0.25, 0.3) is 11.3 Å². The van der Waals surface area contributed by atoms with Gasteiger partial charge in [0.2, 0.25) is 0 Å². The molecule has 1 aromatic heterocycles. The molecule has 2 rings (SSSR count). The molecule has 0 aliphatic heterocycles. The Kier molecular flexibility index (Phi) is 5.51. The quantitative estimate of drug-likeness (QED) is 0.828. The Morgan fingerprint density at radius 1 is 1.50 bits per heavy atom. The van der Waals surface area contributed by atoms with E-state index in [1.165, 1.54) is 18.2 Å². The molecule has 1 amide bonds. The van der Waals surface area contributed by atoms with Crippen molar-refractivity contribution in [1.29, 1.82) is 0 Å². The molecule has 0 spiro atoms. The highest BCUT2D eigenvalue weighted by Crippen LogP contribution is 2.33. The van der Waals surface area contributed by atoms with E-state index in [-0.39, 0.29) is 27.8 Å². The van der Waals surface area contributed by atoms with Crippen LogP contribution in [0.2, 0.25) is 5.02 Å². The van der Waals surface area contributed by atoms with Gasteiger partial charge in [0.05, 0.1) is 10.6 Å². The minimum Gasteiger partial charge on any atom is -0.385 e. The number of carbonyl (C=O) groups is 1. The smallest absolute Gasteiger partial charge is 0.257 e. The van der Waals surface area contributed by atoms with Crippen LogP contribution in [0.4, 0.5) is 4.39 Å². The molecule has 0 saturated carbocycles. The van der Waals surface area contributed by atoms with Crippen LogP contribution in [-0.4, -0.2) is 31.3 Å². The zero-order valence-corrected chi connectivity index (χ0v) is 13.0. The predicted octanol–water partition coefficient (Wildman–Crippen LogP) is 3.21. The average molecular weight is 327 g/mol. The van der Waals surface area contributed by atoms with Gasteiger partial charge in [-0.2, -0.15) is 0 Å². The lowest BCUT2D eigenvalue weighted by molar-refractivity contribution is 0.0947. The van der Waals surface area contributed by atoms with Crippen LogP contribution in [-0.2, 0) is 4.74 Å². The van der Waals surface area contributed by atoms with Gasteiger partial charge in [-0.15, -0.1) is 0 Å². The SMILES string of the molecule is COCCCNC(=O)c1c(-c2c(F)cccc2Cl)noc1C. The number of nitrogens with zero attached hydrogens (tertiary/aromatic N) is 1. The van der Waals surface area contributed by atoms with Crippen molar-refractivity contribution in [2.75, 3.05) is 20.3 Å². The maximum absolute atomic E-state index is 14.0. The predicted molar refractivity (Wildman–Crippen MR) is 80.5 cm³/mol. The second kappa shape index (κ2) is 7.38.